The lowest BCUT2D eigenvalue weighted by molar-refractivity contribution is -0.134. The molecule has 0 aromatic heterocycles. The molecule has 1 unspecified atom stereocenters. The van der Waals surface area contributed by atoms with Gasteiger partial charge in [0.15, 0.2) is 0 Å². The Morgan fingerprint density at radius 3 is 2.35 bits per heavy atom. The molecule has 1 atom stereocenters. The molecule has 1 aromatic rings. The van der Waals surface area contributed by atoms with Gasteiger partial charge in [-0.2, -0.15) is 0 Å². The maximum Gasteiger partial charge on any atom is 0.224 e. The first-order valence-electron chi connectivity index (χ1n) is 9.56. The first kappa shape index (κ1) is 19.0. The van der Waals surface area contributed by atoms with Crippen molar-refractivity contribution in [3.63, 3.8) is 0 Å². The molecular formula is C20H30N2O4. The lowest BCUT2D eigenvalue weighted by Gasteiger charge is -2.35. The number of hydrogen-bond acceptors (Lipinski definition) is 5. The SMILES string of the molecule is COc1ccc(OC2CCN(C(=O)CC(C)N3CCOCC3)CC2)cc1. The van der Waals surface area contributed by atoms with Gasteiger partial charge in [-0.25, -0.2) is 0 Å². The van der Waals surface area contributed by atoms with Gasteiger partial charge in [-0.1, -0.05) is 0 Å². The molecule has 0 radical (unpaired) electrons. The van der Waals surface area contributed by atoms with E-state index in [2.05, 4.69) is 11.8 Å². The number of piperidine rings is 1. The van der Waals surface area contributed by atoms with E-state index in [0.717, 1.165) is 63.7 Å². The van der Waals surface area contributed by atoms with Crippen molar-refractivity contribution in [2.75, 3.05) is 46.5 Å². The average molecular weight is 362 g/mol. The van der Waals surface area contributed by atoms with Crippen LogP contribution in [0.25, 0.3) is 0 Å². The lowest BCUT2D eigenvalue weighted by Crippen LogP contribution is -2.47. The maximum atomic E-state index is 12.6. The molecule has 2 aliphatic heterocycles. The molecule has 2 saturated heterocycles. The maximum absolute atomic E-state index is 12.6. The molecular weight excluding hydrogens is 332 g/mol. The van der Waals surface area contributed by atoms with Gasteiger partial charge in [-0.3, -0.25) is 9.69 Å². The summed E-state index contributed by atoms with van der Waals surface area (Å²) in [5, 5.41) is 0. The number of hydrogen-bond donors (Lipinski definition) is 0. The lowest BCUT2D eigenvalue weighted by atomic mass is 10.1. The Hall–Kier alpha value is -1.79. The third-order valence-electron chi connectivity index (χ3n) is 5.30. The number of morpholine rings is 1. The number of carbonyl (C=O) groups excluding carboxylic acids is 1. The highest BCUT2D eigenvalue weighted by atomic mass is 16.5. The van der Waals surface area contributed by atoms with Gasteiger partial charge in [0.25, 0.3) is 0 Å². The molecule has 0 spiro atoms. The van der Waals surface area contributed by atoms with E-state index >= 15 is 0 Å². The second-order valence-electron chi connectivity index (χ2n) is 7.08. The van der Waals surface area contributed by atoms with Crippen LogP contribution in [-0.4, -0.2) is 74.4 Å². The summed E-state index contributed by atoms with van der Waals surface area (Å²) in [6.07, 6.45) is 2.52. The minimum atomic E-state index is 0.170. The number of likely N-dealkylation sites (tertiary alicyclic amines) is 1. The van der Waals surface area contributed by atoms with Crippen molar-refractivity contribution in [2.45, 2.75) is 38.3 Å². The van der Waals surface area contributed by atoms with E-state index in [9.17, 15) is 4.79 Å². The Bertz CT molecular complexity index is 564. The van der Waals surface area contributed by atoms with Gasteiger partial charge in [0, 0.05) is 51.5 Å². The van der Waals surface area contributed by atoms with Crippen molar-refractivity contribution >= 4 is 5.91 Å². The highest BCUT2D eigenvalue weighted by Crippen LogP contribution is 2.22. The highest BCUT2D eigenvalue weighted by Gasteiger charge is 2.26. The molecule has 1 amide bonds. The van der Waals surface area contributed by atoms with Crippen LogP contribution in [0.5, 0.6) is 11.5 Å². The predicted molar refractivity (Wildman–Crippen MR) is 99.7 cm³/mol. The largest absolute Gasteiger partial charge is 0.497 e. The summed E-state index contributed by atoms with van der Waals surface area (Å²) in [6.45, 7) is 7.07. The second kappa shape index (κ2) is 9.24. The third-order valence-corrected chi connectivity index (χ3v) is 5.30. The van der Waals surface area contributed by atoms with Crippen LogP contribution in [0.3, 0.4) is 0 Å². The van der Waals surface area contributed by atoms with Crippen molar-refractivity contribution in [1.29, 1.82) is 0 Å². The van der Waals surface area contributed by atoms with Crippen molar-refractivity contribution < 1.29 is 19.0 Å². The monoisotopic (exact) mass is 362 g/mol. The van der Waals surface area contributed by atoms with Crippen LogP contribution in [0.1, 0.15) is 26.2 Å². The van der Waals surface area contributed by atoms with Gasteiger partial charge >= 0.3 is 0 Å². The van der Waals surface area contributed by atoms with Crippen molar-refractivity contribution in [1.82, 2.24) is 9.80 Å². The summed E-state index contributed by atoms with van der Waals surface area (Å²) < 4.78 is 16.6. The Morgan fingerprint density at radius 1 is 1.12 bits per heavy atom. The zero-order chi connectivity index (χ0) is 18.4. The van der Waals surface area contributed by atoms with Crippen molar-refractivity contribution in [3.05, 3.63) is 24.3 Å². The quantitative estimate of drug-likeness (QED) is 0.776. The molecule has 2 fully saturated rings. The van der Waals surface area contributed by atoms with E-state index < -0.39 is 0 Å². The fourth-order valence-corrected chi connectivity index (χ4v) is 3.60. The zero-order valence-corrected chi connectivity index (χ0v) is 15.9. The summed E-state index contributed by atoms with van der Waals surface area (Å²) in [6, 6.07) is 7.95. The molecule has 0 saturated carbocycles. The minimum absolute atomic E-state index is 0.170. The Balaban J connectivity index is 1.41. The number of carbonyl (C=O) groups is 1. The molecule has 26 heavy (non-hydrogen) atoms. The molecule has 3 rings (SSSR count). The number of rotatable bonds is 6. The molecule has 144 valence electrons. The topological polar surface area (TPSA) is 51.2 Å². The smallest absolute Gasteiger partial charge is 0.224 e. The van der Waals surface area contributed by atoms with Crippen LogP contribution < -0.4 is 9.47 Å². The number of benzene rings is 1. The molecule has 6 heteroatoms. The highest BCUT2D eigenvalue weighted by molar-refractivity contribution is 5.76. The third kappa shape index (κ3) is 5.11. The summed E-state index contributed by atoms with van der Waals surface area (Å²) in [5.74, 6) is 1.94. The Morgan fingerprint density at radius 2 is 1.73 bits per heavy atom. The summed E-state index contributed by atoms with van der Waals surface area (Å²) in [4.78, 5) is 16.9. The number of methoxy groups -OCH3 is 1. The Kier molecular flexibility index (Phi) is 6.74. The predicted octanol–water partition coefficient (Wildman–Crippen LogP) is 2.18. The molecule has 0 bridgehead atoms. The minimum Gasteiger partial charge on any atom is -0.497 e. The Labute approximate surface area is 156 Å². The van der Waals surface area contributed by atoms with E-state index in [1.807, 2.05) is 29.2 Å². The second-order valence-corrected chi connectivity index (χ2v) is 7.08. The van der Waals surface area contributed by atoms with Gasteiger partial charge < -0.3 is 19.1 Å². The molecule has 0 N–H and O–H groups in total. The van der Waals surface area contributed by atoms with E-state index in [-0.39, 0.29) is 18.1 Å². The van der Waals surface area contributed by atoms with Crippen molar-refractivity contribution in [2.24, 2.45) is 0 Å². The van der Waals surface area contributed by atoms with Crippen LogP contribution in [0.2, 0.25) is 0 Å². The average Bonchev–Trinajstić information content (AvgIpc) is 2.69. The van der Waals surface area contributed by atoms with Crippen LogP contribution >= 0.6 is 0 Å². The van der Waals surface area contributed by atoms with Crippen LogP contribution in [-0.2, 0) is 9.53 Å². The summed E-state index contributed by atoms with van der Waals surface area (Å²) in [7, 11) is 1.66. The van der Waals surface area contributed by atoms with Crippen LogP contribution in [0.4, 0.5) is 0 Å². The fraction of sp³-hybridized carbons (Fsp3) is 0.650. The van der Waals surface area contributed by atoms with Gasteiger partial charge in [-0.15, -0.1) is 0 Å². The van der Waals surface area contributed by atoms with Crippen molar-refractivity contribution in [3.8, 4) is 11.5 Å². The van der Waals surface area contributed by atoms with Gasteiger partial charge in [0.1, 0.15) is 17.6 Å². The molecule has 1 aromatic carbocycles. The van der Waals surface area contributed by atoms with E-state index in [4.69, 9.17) is 14.2 Å². The summed E-state index contributed by atoms with van der Waals surface area (Å²) in [5.41, 5.74) is 0. The van der Waals surface area contributed by atoms with Gasteiger partial charge in [0.2, 0.25) is 5.91 Å². The molecule has 6 nitrogen and oxygen atoms in total. The standard InChI is InChI=1S/C20H30N2O4/c1-16(21-11-13-25-14-12-21)15-20(23)22-9-7-19(8-10-22)26-18-5-3-17(24-2)4-6-18/h3-6,16,19H,7-15H2,1-2H3. The van der Waals surface area contributed by atoms with Crippen LogP contribution in [0.15, 0.2) is 24.3 Å². The van der Waals surface area contributed by atoms with E-state index in [1.165, 1.54) is 0 Å². The molecule has 2 aliphatic rings. The normalized spacial score (nSPS) is 20.6. The molecule has 2 heterocycles. The number of nitrogens with zero attached hydrogens (tertiary/aromatic N) is 2. The summed E-state index contributed by atoms with van der Waals surface area (Å²) >= 11 is 0. The number of amides is 1. The van der Waals surface area contributed by atoms with Gasteiger partial charge in [0.05, 0.1) is 20.3 Å². The van der Waals surface area contributed by atoms with Crippen LogP contribution in [0, 0.1) is 0 Å². The van der Waals surface area contributed by atoms with Gasteiger partial charge in [-0.05, 0) is 31.2 Å². The number of ether oxygens (including phenoxy) is 3. The first-order valence-corrected chi connectivity index (χ1v) is 9.56. The fourth-order valence-electron chi connectivity index (χ4n) is 3.60. The van der Waals surface area contributed by atoms with E-state index in [1.54, 1.807) is 7.11 Å². The first-order chi connectivity index (χ1) is 12.7. The van der Waals surface area contributed by atoms with E-state index in [0.29, 0.717) is 6.42 Å². The molecule has 0 aliphatic carbocycles. The zero-order valence-electron chi connectivity index (χ0n) is 15.9.